The highest BCUT2D eigenvalue weighted by Crippen LogP contribution is 2.74. The summed E-state index contributed by atoms with van der Waals surface area (Å²) in [5.41, 5.74) is 2.02. The van der Waals surface area contributed by atoms with E-state index in [0.29, 0.717) is 5.41 Å². The fraction of sp³-hybridized carbons (Fsp3) is 0.667. The molecule has 1 aromatic carbocycles. The van der Waals surface area contributed by atoms with Crippen molar-refractivity contribution in [3.05, 3.63) is 35.9 Å². The second-order valence-electron chi connectivity index (χ2n) is 6.74. The number of benzene rings is 1. The van der Waals surface area contributed by atoms with Gasteiger partial charge in [-0.2, -0.15) is 0 Å². The second-order valence-corrected chi connectivity index (χ2v) is 6.74. The van der Waals surface area contributed by atoms with Crippen LogP contribution in [0.2, 0.25) is 0 Å². The molecule has 2 aliphatic carbocycles. The van der Waals surface area contributed by atoms with Gasteiger partial charge >= 0.3 is 0 Å². The van der Waals surface area contributed by atoms with E-state index in [1.807, 2.05) is 0 Å². The zero-order valence-electron chi connectivity index (χ0n) is 13.1. The maximum Gasteiger partial charge on any atom is 0.168 e. The Balaban J connectivity index is 2.09. The van der Waals surface area contributed by atoms with Crippen molar-refractivity contribution in [1.82, 2.24) is 0 Å². The molecule has 0 N–H and O–H groups in total. The van der Waals surface area contributed by atoms with E-state index in [2.05, 4.69) is 44.2 Å². The van der Waals surface area contributed by atoms with Gasteiger partial charge in [0.1, 0.15) is 0 Å². The van der Waals surface area contributed by atoms with Crippen molar-refractivity contribution in [3.8, 4) is 0 Å². The molecule has 0 heterocycles. The van der Waals surface area contributed by atoms with Gasteiger partial charge in [-0.25, -0.2) is 0 Å². The van der Waals surface area contributed by atoms with Crippen molar-refractivity contribution >= 4 is 0 Å². The van der Waals surface area contributed by atoms with E-state index in [0.717, 1.165) is 18.8 Å². The number of rotatable bonds is 4. The highest BCUT2D eigenvalue weighted by atomic mass is 16.7. The molecule has 0 spiro atoms. The molecule has 0 aromatic heterocycles. The summed E-state index contributed by atoms with van der Waals surface area (Å²) in [7, 11) is 3.59. The van der Waals surface area contributed by atoms with E-state index in [-0.39, 0.29) is 5.41 Å². The SMILES string of the molecule is CCC12CC(OC)(OC)CC1(c1ccccc1)CC2C. The smallest absolute Gasteiger partial charge is 0.168 e. The quantitative estimate of drug-likeness (QED) is 0.768. The van der Waals surface area contributed by atoms with Gasteiger partial charge < -0.3 is 9.47 Å². The first kappa shape index (κ1) is 14.1. The van der Waals surface area contributed by atoms with Gasteiger partial charge in [-0.15, -0.1) is 0 Å². The van der Waals surface area contributed by atoms with Crippen LogP contribution in [0.5, 0.6) is 0 Å². The Kier molecular flexibility index (Phi) is 3.22. The molecule has 2 nitrogen and oxygen atoms in total. The van der Waals surface area contributed by atoms with E-state index in [9.17, 15) is 0 Å². The molecule has 3 rings (SSSR count). The van der Waals surface area contributed by atoms with E-state index in [1.165, 1.54) is 18.4 Å². The van der Waals surface area contributed by atoms with E-state index < -0.39 is 5.79 Å². The molecule has 2 saturated carbocycles. The molecule has 0 saturated heterocycles. The average Bonchev–Trinajstić information content (AvgIpc) is 2.75. The van der Waals surface area contributed by atoms with E-state index >= 15 is 0 Å². The first-order valence-electron chi connectivity index (χ1n) is 7.74. The third kappa shape index (κ3) is 1.52. The van der Waals surface area contributed by atoms with Crippen molar-refractivity contribution in [1.29, 1.82) is 0 Å². The number of ether oxygens (including phenoxy) is 2. The maximum atomic E-state index is 5.83. The Labute approximate surface area is 122 Å². The molecule has 110 valence electrons. The van der Waals surface area contributed by atoms with Crippen LogP contribution in [0.3, 0.4) is 0 Å². The molecule has 3 atom stereocenters. The summed E-state index contributed by atoms with van der Waals surface area (Å²) in [5, 5.41) is 0. The van der Waals surface area contributed by atoms with Crippen LogP contribution in [0.4, 0.5) is 0 Å². The molecule has 0 amide bonds. The van der Waals surface area contributed by atoms with Gasteiger partial charge in [0.2, 0.25) is 0 Å². The first-order valence-corrected chi connectivity index (χ1v) is 7.74. The van der Waals surface area contributed by atoms with Gasteiger partial charge in [-0.05, 0) is 29.7 Å². The molecule has 0 aliphatic heterocycles. The van der Waals surface area contributed by atoms with Crippen LogP contribution in [-0.4, -0.2) is 20.0 Å². The van der Waals surface area contributed by atoms with Crippen LogP contribution in [-0.2, 0) is 14.9 Å². The van der Waals surface area contributed by atoms with Gasteiger partial charge in [-0.1, -0.05) is 44.2 Å². The lowest BCUT2D eigenvalue weighted by molar-refractivity contribution is -0.206. The molecular formula is C18H26O2. The molecule has 20 heavy (non-hydrogen) atoms. The zero-order valence-corrected chi connectivity index (χ0v) is 13.1. The highest BCUT2D eigenvalue weighted by molar-refractivity contribution is 5.38. The molecule has 2 aliphatic rings. The van der Waals surface area contributed by atoms with Crippen molar-refractivity contribution < 1.29 is 9.47 Å². The topological polar surface area (TPSA) is 18.5 Å². The summed E-state index contributed by atoms with van der Waals surface area (Å²) in [6, 6.07) is 11.0. The number of hydrogen-bond acceptors (Lipinski definition) is 2. The summed E-state index contributed by atoms with van der Waals surface area (Å²) in [4.78, 5) is 0. The van der Waals surface area contributed by atoms with Gasteiger partial charge in [0, 0.05) is 32.5 Å². The third-order valence-corrected chi connectivity index (χ3v) is 6.41. The Bertz CT molecular complexity index is 479. The third-order valence-electron chi connectivity index (χ3n) is 6.41. The minimum absolute atomic E-state index is 0.231. The number of hydrogen-bond donors (Lipinski definition) is 0. The van der Waals surface area contributed by atoms with Crippen molar-refractivity contribution in [2.24, 2.45) is 11.3 Å². The van der Waals surface area contributed by atoms with E-state index in [4.69, 9.17) is 9.47 Å². The molecule has 0 radical (unpaired) electrons. The molecule has 1 aromatic rings. The van der Waals surface area contributed by atoms with Crippen molar-refractivity contribution in [2.75, 3.05) is 14.2 Å². The summed E-state index contributed by atoms with van der Waals surface area (Å²) in [6.07, 6.45) is 4.44. The minimum Gasteiger partial charge on any atom is -0.353 e. The average molecular weight is 274 g/mol. The highest BCUT2D eigenvalue weighted by Gasteiger charge is 2.72. The van der Waals surface area contributed by atoms with Crippen molar-refractivity contribution in [2.45, 2.75) is 50.7 Å². The Hall–Kier alpha value is -0.860. The molecular weight excluding hydrogens is 248 g/mol. The summed E-state index contributed by atoms with van der Waals surface area (Å²) >= 11 is 0. The van der Waals surface area contributed by atoms with Crippen LogP contribution >= 0.6 is 0 Å². The summed E-state index contributed by atoms with van der Waals surface area (Å²) < 4.78 is 11.7. The van der Waals surface area contributed by atoms with Crippen LogP contribution in [0.25, 0.3) is 0 Å². The van der Waals surface area contributed by atoms with Crippen molar-refractivity contribution in [3.63, 3.8) is 0 Å². The Morgan fingerprint density at radius 1 is 1.10 bits per heavy atom. The zero-order chi connectivity index (χ0) is 14.4. The second kappa shape index (κ2) is 4.57. The van der Waals surface area contributed by atoms with E-state index in [1.54, 1.807) is 14.2 Å². The van der Waals surface area contributed by atoms with Gasteiger partial charge in [0.05, 0.1) is 0 Å². The Morgan fingerprint density at radius 3 is 2.25 bits per heavy atom. The van der Waals surface area contributed by atoms with Gasteiger partial charge in [0.25, 0.3) is 0 Å². The summed E-state index contributed by atoms with van der Waals surface area (Å²) in [5.74, 6) is 0.330. The molecule has 2 fully saturated rings. The fourth-order valence-corrected chi connectivity index (χ4v) is 5.30. The normalized spacial score (nSPS) is 38.3. The molecule has 0 bridgehead atoms. The lowest BCUT2D eigenvalue weighted by Crippen LogP contribution is -2.56. The molecule has 2 heteroatoms. The first-order chi connectivity index (χ1) is 9.58. The predicted molar refractivity (Wildman–Crippen MR) is 80.6 cm³/mol. The number of methoxy groups -OCH3 is 2. The largest absolute Gasteiger partial charge is 0.353 e. The van der Waals surface area contributed by atoms with Crippen LogP contribution < -0.4 is 0 Å². The lowest BCUT2D eigenvalue weighted by Gasteiger charge is -2.60. The fourth-order valence-electron chi connectivity index (χ4n) is 5.30. The van der Waals surface area contributed by atoms with Crippen LogP contribution in [0.15, 0.2) is 30.3 Å². The van der Waals surface area contributed by atoms with Crippen LogP contribution in [0, 0.1) is 11.3 Å². The standard InChI is InChI=1S/C18H26O2/c1-5-16-12-18(19-3,20-4)13-17(16,11-14(16)2)15-9-7-6-8-10-15/h6-10,14H,5,11-13H2,1-4H3. The predicted octanol–water partition coefficient (Wildman–Crippen LogP) is 4.14. The van der Waals surface area contributed by atoms with Crippen LogP contribution in [0.1, 0.15) is 45.1 Å². The Morgan fingerprint density at radius 2 is 1.75 bits per heavy atom. The number of fused-ring (bicyclic) bond motifs is 1. The minimum atomic E-state index is -0.406. The molecule has 3 unspecified atom stereocenters. The maximum absolute atomic E-state index is 5.83. The van der Waals surface area contributed by atoms with Gasteiger partial charge in [-0.3, -0.25) is 0 Å². The summed E-state index contributed by atoms with van der Waals surface area (Å²) in [6.45, 7) is 4.72. The van der Waals surface area contributed by atoms with Gasteiger partial charge in [0.15, 0.2) is 5.79 Å². The monoisotopic (exact) mass is 274 g/mol. The lowest BCUT2D eigenvalue weighted by atomic mass is 9.43.